The van der Waals surface area contributed by atoms with Crippen LogP contribution in [-0.4, -0.2) is 77.0 Å². The maximum Gasteiger partial charge on any atom is 0.330 e. The van der Waals surface area contributed by atoms with Gasteiger partial charge in [-0.25, -0.2) is 14.7 Å². The SMILES string of the molecule is CNC(=O)c1cc(Oc2ccc(Nc3ncc4c(n3)N(c3cccc(NC)c3)C(=O)N(CCN3CCCC3)C4)cc2)ccn1. The number of benzene rings is 2. The molecule has 1 saturated heterocycles. The molecule has 12 heteroatoms. The highest BCUT2D eigenvalue weighted by atomic mass is 16.5. The summed E-state index contributed by atoms with van der Waals surface area (Å²) in [6.07, 6.45) is 5.74. The van der Waals surface area contributed by atoms with Crippen LogP contribution in [0.15, 0.2) is 73.1 Å². The van der Waals surface area contributed by atoms with E-state index in [1.165, 1.54) is 19.0 Å². The van der Waals surface area contributed by atoms with Crippen molar-refractivity contribution in [1.82, 2.24) is 30.1 Å². The lowest BCUT2D eigenvalue weighted by Crippen LogP contribution is -2.47. The van der Waals surface area contributed by atoms with Crippen molar-refractivity contribution in [3.63, 3.8) is 0 Å². The summed E-state index contributed by atoms with van der Waals surface area (Å²) in [7, 11) is 3.41. The average Bonchev–Trinajstić information content (AvgIpc) is 3.58. The van der Waals surface area contributed by atoms with E-state index >= 15 is 0 Å². The summed E-state index contributed by atoms with van der Waals surface area (Å²) in [5, 5.41) is 8.96. The minimum atomic E-state index is -0.287. The first-order chi connectivity index (χ1) is 21.5. The van der Waals surface area contributed by atoms with Crippen LogP contribution in [0.1, 0.15) is 28.9 Å². The van der Waals surface area contributed by atoms with Gasteiger partial charge in [0, 0.05) is 62.6 Å². The molecule has 0 bridgehead atoms. The molecule has 44 heavy (non-hydrogen) atoms. The zero-order valence-corrected chi connectivity index (χ0v) is 24.8. The number of ether oxygens (including phenoxy) is 1. The Kier molecular flexibility index (Phi) is 8.50. The maximum atomic E-state index is 13.9. The van der Waals surface area contributed by atoms with E-state index < -0.39 is 0 Å². The highest BCUT2D eigenvalue weighted by Crippen LogP contribution is 2.35. The fourth-order valence-corrected chi connectivity index (χ4v) is 5.34. The number of likely N-dealkylation sites (tertiary alicyclic amines) is 1. The average molecular weight is 594 g/mol. The summed E-state index contributed by atoms with van der Waals surface area (Å²) in [6.45, 7) is 4.11. The third-order valence-electron chi connectivity index (χ3n) is 7.69. The van der Waals surface area contributed by atoms with Crippen LogP contribution in [0.2, 0.25) is 0 Å². The van der Waals surface area contributed by atoms with Gasteiger partial charge in [-0.15, -0.1) is 0 Å². The van der Waals surface area contributed by atoms with E-state index in [1.54, 1.807) is 42.4 Å². The number of anilines is 5. The van der Waals surface area contributed by atoms with Crippen molar-refractivity contribution in [2.24, 2.45) is 0 Å². The van der Waals surface area contributed by atoms with Crippen molar-refractivity contribution < 1.29 is 14.3 Å². The quantitative estimate of drug-likeness (QED) is 0.233. The Morgan fingerprint density at radius 3 is 2.52 bits per heavy atom. The molecule has 0 atom stereocenters. The van der Waals surface area contributed by atoms with Crippen LogP contribution in [0.5, 0.6) is 11.5 Å². The molecule has 12 nitrogen and oxygen atoms in total. The van der Waals surface area contributed by atoms with E-state index in [4.69, 9.17) is 9.72 Å². The maximum absolute atomic E-state index is 13.9. The summed E-state index contributed by atoms with van der Waals surface area (Å²) in [4.78, 5) is 45.2. The predicted molar refractivity (Wildman–Crippen MR) is 169 cm³/mol. The second-order valence-electron chi connectivity index (χ2n) is 10.6. The first-order valence-corrected chi connectivity index (χ1v) is 14.7. The van der Waals surface area contributed by atoms with E-state index in [0.717, 1.165) is 42.3 Å². The van der Waals surface area contributed by atoms with E-state index in [0.29, 0.717) is 36.4 Å². The van der Waals surface area contributed by atoms with Gasteiger partial charge in [0.25, 0.3) is 5.91 Å². The van der Waals surface area contributed by atoms with E-state index in [9.17, 15) is 9.59 Å². The molecular weight excluding hydrogens is 558 g/mol. The van der Waals surface area contributed by atoms with Gasteiger partial charge in [0.05, 0.1) is 12.2 Å². The highest BCUT2D eigenvalue weighted by Gasteiger charge is 2.34. The first-order valence-electron chi connectivity index (χ1n) is 14.7. The monoisotopic (exact) mass is 593 g/mol. The molecule has 4 heterocycles. The number of carbonyl (C=O) groups excluding carboxylic acids is 2. The third-order valence-corrected chi connectivity index (χ3v) is 7.69. The number of hydrogen-bond donors (Lipinski definition) is 3. The Labute approximate surface area is 256 Å². The predicted octanol–water partition coefficient (Wildman–Crippen LogP) is 4.98. The molecule has 3 amide bonds. The molecule has 2 aromatic heterocycles. The number of nitrogens with one attached hydrogen (secondary N) is 3. The molecule has 2 aromatic carbocycles. The van der Waals surface area contributed by atoms with Crippen LogP contribution in [0.25, 0.3) is 0 Å². The molecule has 0 aliphatic carbocycles. The van der Waals surface area contributed by atoms with E-state index in [1.807, 2.05) is 48.3 Å². The second-order valence-corrected chi connectivity index (χ2v) is 10.6. The fourth-order valence-electron chi connectivity index (χ4n) is 5.34. The van der Waals surface area contributed by atoms with Crippen LogP contribution < -0.4 is 25.6 Å². The van der Waals surface area contributed by atoms with E-state index in [-0.39, 0.29) is 17.6 Å². The van der Waals surface area contributed by atoms with Gasteiger partial charge in [0.2, 0.25) is 5.95 Å². The van der Waals surface area contributed by atoms with Gasteiger partial charge < -0.3 is 30.5 Å². The van der Waals surface area contributed by atoms with Crippen LogP contribution in [-0.2, 0) is 6.54 Å². The fraction of sp³-hybridized carbons (Fsp3) is 0.281. The normalized spacial score (nSPS) is 14.7. The number of pyridine rings is 1. The molecule has 0 spiro atoms. The molecule has 226 valence electrons. The molecule has 0 unspecified atom stereocenters. The molecule has 0 radical (unpaired) electrons. The standard InChI is InChI=1S/C32H35N9O3/c1-33-24-6-5-7-25(18-24)41-29-22(21-40(32(41)43)17-16-39-14-3-4-15-39)20-36-31(38-29)37-23-8-10-26(11-9-23)44-27-12-13-35-28(19-27)30(42)34-2/h5-13,18-20,33H,3-4,14-17,21H2,1-2H3,(H,34,42)(H,36,37,38). The molecule has 1 fully saturated rings. The first kappa shape index (κ1) is 28.9. The number of carbonyl (C=O) groups is 2. The van der Waals surface area contributed by atoms with Gasteiger partial charge in [-0.2, -0.15) is 4.98 Å². The largest absolute Gasteiger partial charge is 0.457 e. The lowest BCUT2D eigenvalue weighted by Gasteiger charge is -2.37. The van der Waals surface area contributed by atoms with Crippen LogP contribution in [0.3, 0.4) is 0 Å². The number of fused-ring (bicyclic) bond motifs is 1. The number of nitrogens with zero attached hydrogens (tertiary/aromatic N) is 6. The van der Waals surface area contributed by atoms with Crippen molar-refractivity contribution in [2.45, 2.75) is 19.4 Å². The van der Waals surface area contributed by atoms with Gasteiger partial charge >= 0.3 is 6.03 Å². The zero-order chi connectivity index (χ0) is 30.5. The lowest BCUT2D eigenvalue weighted by molar-refractivity contribution is 0.0957. The summed E-state index contributed by atoms with van der Waals surface area (Å²) in [5.74, 6) is 1.73. The van der Waals surface area contributed by atoms with Crippen LogP contribution in [0.4, 0.5) is 33.6 Å². The minimum Gasteiger partial charge on any atom is -0.457 e. The number of rotatable bonds is 10. The van der Waals surface area contributed by atoms with Crippen molar-refractivity contribution >= 4 is 40.8 Å². The summed E-state index contributed by atoms with van der Waals surface area (Å²) in [5.41, 5.74) is 3.53. The van der Waals surface area contributed by atoms with E-state index in [2.05, 4.69) is 30.8 Å². The van der Waals surface area contributed by atoms with Gasteiger partial charge in [0.1, 0.15) is 17.2 Å². The molecule has 4 aromatic rings. The number of amides is 3. The van der Waals surface area contributed by atoms with Gasteiger partial charge in [-0.1, -0.05) is 6.07 Å². The summed E-state index contributed by atoms with van der Waals surface area (Å²) < 4.78 is 5.91. The van der Waals surface area contributed by atoms with Crippen LogP contribution >= 0.6 is 0 Å². The van der Waals surface area contributed by atoms with Crippen molar-refractivity contribution in [3.8, 4) is 11.5 Å². The van der Waals surface area contributed by atoms with Crippen molar-refractivity contribution in [1.29, 1.82) is 0 Å². The Morgan fingerprint density at radius 1 is 0.932 bits per heavy atom. The molecular formula is C32H35N9O3. The Bertz CT molecular complexity index is 1640. The molecule has 6 rings (SSSR count). The summed E-state index contributed by atoms with van der Waals surface area (Å²) in [6, 6.07) is 18.2. The number of urea groups is 1. The molecule has 3 N–H and O–H groups in total. The second kappa shape index (κ2) is 13.0. The Hall–Kier alpha value is -5.23. The number of hydrogen-bond acceptors (Lipinski definition) is 9. The summed E-state index contributed by atoms with van der Waals surface area (Å²) >= 11 is 0. The molecule has 2 aliphatic rings. The van der Waals surface area contributed by atoms with Crippen molar-refractivity contribution in [2.75, 3.05) is 55.8 Å². The molecule has 0 saturated carbocycles. The topological polar surface area (TPSA) is 128 Å². The van der Waals surface area contributed by atoms with Gasteiger partial charge in [0.15, 0.2) is 5.82 Å². The molecule has 2 aliphatic heterocycles. The number of aromatic nitrogens is 3. The Morgan fingerprint density at radius 2 is 1.75 bits per heavy atom. The van der Waals surface area contributed by atoms with Crippen LogP contribution in [0, 0.1) is 0 Å². The van der Waals surface area contributed by atoms with Gasteiger partial charge in [-0.3, -0.25) is 9.78 Å². The third kappa shape index (κ3) is 6.40. The zero-order valence-electron chi connectivity index (χ0n) is 24.8. The van der Waals surface area contributed by atoms with Gasteiger partial charge in [-0.05, 0) is 74.5 Å². The smallest absolute Gasteiger partial charge is 0.330 e. The van der Waals surface area contributed by atoms with Crippen molar-refractivity contribution in [3.05, 3.63) is 84.3 Å². The Balaban J connectivity index is 1.21. The minimum absolute atomic E-state index is 0.105. The lowest BCUT2D eigenvalue weighted by atomic mass is 10.1. The highest BCUT2D eigenvalue weighted by molar-refractivity contribution is 6.01.